The summed E-state index contributed by atoms with van der Waals surface area (Å²) in [5.41, 5.74) is 0.814. The zero-order valence-corrected chi connectivity index (χ0v) is 11.4. The van der Waals surface area contributed by atoms with Crippen molar-refractivity contribution in [3.8, 4) is 0 Å². The SMILES string of the molecule is OC(c1cccc(Br)n1)c1cnc(Cl)nc1Cl. The number of nitrogens with zero attached hydrogens (tertiary/aromatic N) is 3. The third-order valence-corrected chi connectivity index (χ3v) is 2.98. The molecule has 88 valence electrons. The minimum absolute atomic E-state index is 0.0353. The van der Waals surface area contributed by atoms with E-state index in [0.717, 1.165) is 0 Å². The minimum Gasteiger partial charge on any atom is -0.382 e. The number of aliphatic hydroxyl groups excluding tert-OH is 1. The third kappa shape index (κ3) is 2.93. The summed E-state index contributed by atoms with van der Waals surface area (Å²) in [7, 11) is 0. The Balaban J connectivity index is 2.40. The molecule has 0 amide bonds. The molecule has 0 radical (unpaired) electrons. The van der Waals surface area contributed by atoms with Crippen LogP contribution in [0.25, 0.3) is 0 Å². The van der Waals surface area contributed by atoms with Gasteiger partial charge in [0.2, 0.25) is 5.28 Å². The fraction of sp³-hybridized carbons (Fsp3) is 0.100. The van der Waals surface area contributed by atoms with Crippen LogP contribution in [0.15, 0.2) is 29.0 Å². The van der Waals surface area contributed by atoms with Crippen LogP contribution in [0.2, 0.25) is 10.4 Å². The Morgan fingerprint density at radius 3 is 2.65 bits per heavy atom. The highest BCUT2D eigenvalue weighted by Crippen LogP contribution is 2.26. The van der Waals surface area contributed by atoms with E-state index >= 15 is 0 Å². The zero-order valence-electron chi connectivity index (χ0n) is 8.31. The fourth-order valence-corrected chi connectivity index (χ4v) is 2.04. The molecule has 2 aromatic heterocycles. The summed E-state index contributed by atoms with van der Waals surface area (Å²) in [6, 6.07) is 5.21. The Morgan fingerprint density at radius 1 is 1.24 bits per heavy atom. The maximum atomic E-state index is 10.1. The van der Waals surface area contributed by atoms with Gasteiger partial charge >= 0.3 is 0 Å². The van der Waals surface area contributed by atoms with E-state index in [1.165, 1.54) is 6.20 Å². The van der Waals surface area contributed by atoms with Gasteiger partial charge in [-0.05, 0) is 39.7 Å². The number of rotatable bonds is 2. The molecule has 2 heterocycles. The highest BCUT2D eigenvalue weighted by atomic mass is 79.9. The largest absolute Gasteiger partial charge is 0.382 e. The molecule has 2 aromatic rings. The Bertz CT molecular complexity index is 553. The summed E-state index contributed by atoms with van der Waals surface area (Å²) in [5, 5.41) is 10.2. The van der Waals surface area contributed by atoms with Gasteiger partial charge in [0.1, 0.15) is 15.9 Å². The van der Waals surface area contributed by atoms with Crippen LogP contribution in [-0.2, 0) is 0 Å². The van der Waals surface area contributed by atoms with Gasteiger partial charge in [-0.25, -0.2) is 15.0 Å². The summed E-state index contributed by atoms with van der Waals surface area (Å²) in [5.74, 6) is 0. The van der Waals surface area contributed by atoms with Crippen molar-refractivity contribution in [1.82, 2.24) is 15.0 Å². The molecule has 0 aliphatic carbocycles. The van der Waals surface area contributed by atoms with Crippen molar-refractivity contribution in [3.63, 3.8) is 0 Å². The van der Waals surface area contributed by atoms with Gasteiger partial charge in [0, 0.05) is 11.8 Å². The quantitative estimate of drug-likeness (QED) is 0.521. The highest BCUT2D eigenvalue weighted by Gasteiger charge is 2.17. The molecule has 17 heavy (non-hydrogen) atoms. The van der Waals surface area contributed by atoms with Crippen LogP contribution in [0.4, 0.5) is 0 Å². The molecule has 1 N–H and O–H groups in total. The second-order valence-electron chi connectivity index (χ2n) is 3.17. The van der Waals surface area contributed by atoms with E-state index in [4.69, 9.17) is 23.2 Å². The summed E-state index contributed by atoms with van der Waals surface area (Å²) in [6.45, 7) is 0. The van der Waals surface area contributed by atoms with Gasteiger partial charge in [-0.15, -0.1) is 0 Å². The molecule has 0 fully saturated rings. The molecule has 0 saturated carbocycles. The number of aliphatic hydroxyl groups is 1. The molecule has 7 heteroatoms. The first-order valence-electron chi connectivity index (χ1n) is 4.56. The van der Waals surface area contributed by atoms with Crippen LogP contribution in [0.3, 0.4) is 0 Å². The van der Waals surface area contributed by atoms with Gasteiger partial charge in [0.25, 0.3) is 0 Å². The Labute approximate surface area is 116 Å². The zero-order chi connectivity index (χ0) is 12.4. The van der Waals surface area contributed by atoms with Crippen molar-refractivity contribution >= 4 is 39.1 Å². The van der Waals surface area contributed by atoms with E-state index in [2.05, 4.69) is 30.9 Å². The maximum absolute atomic E-state index is 10.1. The van der Waals surface area contributed by atoms with Crippen molar-refractivity contribution in [2.45, 2.75) is 6.10 Å². The van der Waals surface area contributed by atoms with Crippen LogP contribution in [0.5, 0.6) is 0 Å². The van der Waals surface area contributed by atoms with Gasteiger partial charge in [-0.3, -0.25) is 0 Å². The van der Waals surface area contributed by atoms with E-state index in [-0.39, 0.29) is 10.4 Å². The molecule has 0 bridgehead atoms. The minimum atomic E-state index is -0.989. The van der Waals surface area contributed by atoms with Crippen molar-refractivity contribution in [1.29, 1.82) is 0 Å². The fourth-order valence-electron chi connectivity index (χ4n) is 1.27. The van der Waals surface area contributed by atoms with E-state index in [0.29, 0.717) is 15.9 Å². The number of hydrogen-bond donors (Lipinski definition) is 1. The Hall–Kier alpha value is -0.750. The molecule has 1 atom stereocenters. The summed E-state index contributed by atoms with van der Waals surface area (Å²) < 4.78 is 0.625. The molecular formula is C10H6BrCl2N3O. The monoisotopic (exact) mass is 333 g/mol. The van der Waals surface area contributed by atoms with Gasteiger partial charge in [0.15, 0.2) is 0 Å². The molecular weight excluding hydrogens is 329 g/mol. The molecule has 2 rings (SSSR count). The van der Waals surface area contributed by atoms with Crippen molar-refractivity contribution in [2.24, 2.45) is 0 Å². The second-order valence-corrected chi connectivity index (χ2v) is 4.68. The van der Waals surface area contributed by atoms with Crippen LogP contribution >= 0.6 is 39.1 Å². The average Bonchev–Trinajstić information content (AvgIpc) is 2.28. The lowest BCUT2D eigenvalue weighted by atomic mass is 10.1. The number of hydrogen-bond acceptors (Lipinski definition) is 4. The normalized spacial score (nSPS) is 12.5. The average molecular weight is 335 g/mol. The molecule has 0 saturated heterocycles. The van der Waals surface area contributed by atoms with Crippen LogP contribution in [0.1, 0.15) is 17.4 Å². The smallest absolute Gasteiger partial charge is 0.223 e. The summed E-state index contributed by atoms with van der Waals surface area (Å²) in [6.07, 6.45) is 0.391. The Kier molecular flexibility index (Phi) is 3.93. The van der Waals surface area contributed by atoms with Gasteiger partial charge in [-0.2, -0.15) is 0 Å². The summed E-state index contributed by atoms with van der Waals surface area (Å²) in [4.78, 5) is 11.7. The van der Waals surface area contributed by atoms with Crippen LogP contribution in [0, 0.1) is 0 Å². The lowest BCUT2D eigenvalue weighted by Gasteiger charge is -2.11. The first kappa shape index (κ1) is 12.7. The molecule has 0 spiro atoms. The first-order chi connectivity index (χ1) is 8.08. The molecule has 0 aliphatic rings. The van der Waals surface area contributed by atoms with Gasteiger partial charge < -0.3 is 5.11 Å². The van der Waals surface area contributed by atoms with Crippen LogP contribution in [-0.4, -0.2) is 20.1 Å². The predicted molar refractivity (Wildman–Crippen MR) is 68.1 cm³/mol. The van der Waals surface area contributed by atoms with Crippen molar-refractivity contribution in [2.75, 3.05) is 0 Å². The second kappa shape index (κ2) is 5.27. The number of halogens is 3. The molecule has 1 unspecified atom stereocenters. The van der Waals surface area contributed by atoms with Crippen LogP contribution < -0.4 is 0 Å². The maximum Gasteiger partial charge on any atom is 0.223 e. The number of pyridine rings is 1. The predicted octanol–water partition coefficient (Wildman–Crippen LogP) is 3.02. The van der Waals surface area contributed by atoms with E-state index in [1.54, 1.807) is 18.2 Å². The summed E-state index contributed by atoms with van der Waals surface area (Å²) >= 11 is 14.7. The molecule has 4 nitrogen and oxygen atoms in total. The Morgan fingerprint density at radius 2 is 2.00 bits per heavy atom. The molecule has 0 aromatic carbocycles. The van der Waals surface area contributed by atoms with E-state index in [1.807, 2.05) is 0 Å². The first-order valence-corrected chi connectivity index (χ1v) is 6.11. The van der Waals surface area contributed by atoms with E-state index < -0.39 is 6.10 Å². The number of aromatic nitrogens is 3. The van der Waals surface area contributed by atoms with Gasteiger partial charge in [-0.1, -0.05) is 17.7 Å². The molecule has 0 aliphatic heterocycles. The lowest BCUT2D eigenvalue weighted by molar-refractivity contribution is 0.214. The third-order valence-electron chi connectivity index (χ3n) is 2.05. The standard InChI is InChI=1S/C10H6BrCl2N3O/c11-7-3-1-2-6(15-7)8(17)5-4-14-10(13)16-9(5)12/h1-4,8,17H. The highest BCUT2D eigenvalue weighted by molar-refractivity contribution is 9.10. The van der Waals surface area contributed by atoms with E-state index in [9.17, 15) is 5.11 Å². The van der Waals surface area contributed by atoms with Gasteiger partial charge in [0.05, 0.1) is 5.69 Å². The van der Waals surface area contributed by atoms with Crippen molar-refractivity contribution in [3.05, 3.63) is 50.7 Å². The van der Waals surface area contributed by atoms with Crippen molar-refractivity contribution < 1.29 is 5.11 Å². The lowest BCUT2D eigenvalue weighted by Crippen LogP contribution is -2.05. The topological polar surface area (TPSA) is 58.9 Å².